The minimum atomic E-state index is -0.785. The van der Waals surface area contributed by atoms with Crippen LogP contribution in [-0.4, -0.2) is 59.4 Å². The Labute approximate surface area is 145 Å². The summed E-state index contributed by atoms with van der Waals surface area (Å²) in [4.78, 5) is 38.8. The third kappa shape index (κ3) is 6.49. The van der Waals surface area contributed by atoms with Gasteiger partial charge in [-0.15, -0.1) is 0 Å². The summed E-state index contributed by atoms with van der Waals surface area (Å²) in [5.41, 5.74) is 0. The van der Waals surface area contributed by atoms with E-state index in [2.05, 4.69) is 13.8 Å². The third-order valence-corrected chi connectivity index (χ3v) is 5.00. The number of nitrogens with zero attached hydrogens (tertiary/aromatic N) is 2. The van der Waals surface area contributed by atoms with E-state index in [-0.39, 0.29) is 24.3 Å². The molecule has 0 spiro atoms. The molecule has 1 fully saturated rings. The molecule has 1 aliphatic rings. The predicted molar refractivity (Wildman–Crippen MR) is 92.5 cm³/mol. The molecule has 1 saturated heterocycles. The van der Waals surface area contributed by atoms with Gasteiger partial charge in [0.25, 0.3) is 0 Å². The lowest BCUT2D eigenvalue weighted by Gasteiger charge is -2.31. The van der Waals surface area contributed by atoms with Gasteiger partial charge in [0, 0.05) is 26.6 Å². The van der Waals surface area contributed by atoms with Gasteiger partial charge in [-0.3, -0.25) is 14.4 Å². The van der Waals surface area contributed by atoms with E-state index in [0.29, 0.717) is 38.3 Å². The first-order valence-corrected chi connectivity index (χ1v) is 9.13. The maximum Gasteiger partial charge on any atom is 0.306 e. The minimum absolute atomic E-state index is 0.0201. The van der Waals surface area contributed by atoms with Crippen molar-refractivity contribution in [3.63, 3.8) is 0 Å². The Kier molecular flexibility index (Phi) is 8.79. The van der Waals surface area contributed by atoms with Crippen LogP contribution in [0.25, 0.3) is 0 Å². The second kappa shape index (κ2) is 10.3. The summed E-state index contributed by atoms with van der Waals surface area (Å²) in [7, 11) is 1.68. The number of carboxylic acid groups (broad SMARTS) is 1. The lowest BCUT2D eigenvalue weighted by Crippen LogP contribution is -2.45. The van der Waals surface area contributed by atoms with E-state index < -0.39 is 5.97 Å². The van der Waals surface area contributed by atoms with Gasteiger partial charge in [-0.2, -0.15) is 0 Å². The fraction of sp³-hybridized carbons (Fsp3) is 0.833. The van der Waals surface area contributed by atoms with Crippen LogP contribution in [0.3, 0.4) is 0 Å². The smallest absolute Gasteiger partial charge is 0.306 e. The van der Waals surface area contributed by atoms with Gasteiger partial charge in [0.05, 0.1) is 12.5 Å². The van der Waals surface area contributed by atoms with Gasteiger partial charge in [-0.05, 0) is 25.2 Å². The number of unbranched alkanes of at least 4 members (excludes halogenated alkanes) is 1. The van der Waals surface area contributed by atoms with Crippen LogP contribution in [-0.2, 0) is 14.4 Å². The highest BCUT2D eigenvalue weighted by Crippen LogP contribution is 2.19. The number of amides is 2. The van der Waals surface area contributed by atoms with Crippen LogP contribution in [0.1, 0.15) is 58.8 Å². The summed E-state index contributed by atoms with van der Waals surface area (Å²) in [5, 5.41) is 8.99. The van der Waals surface area contributed by atoms with Crippen LogP contribution in [0.2, 0.25) is 0 Å². The first-order chi connectivity index (χ1) is 11.4. The molecule has 0 aromatic rings. The number of carboxylic acids is 1. The number of rotatable bonds is 9. The van der Waals surface area contributed by atoms with Crippen molar-refractivity contribution in [1.82, 2.24) is 9.80 Å². The van der Waals surface area contributed by atoms with E-state index in [1.54, 1.807) is 11.9 Å². The zero-order chi connectivity index (χ0) is 18.1. The number of piperidine rings is 1. The number of carbonyl (C=O) groups excluding carboxylic acids is 2. The molecule has 1 rings (SSSR count). The minimum Gasteiger partial charge on any atom is -0.481 e. The maximum atomic E-state index is 12.3. The number of likely N-dealkylation sites (N-methyl/N-ethyl adjacent to an activating group) is 1. The van der Waals surface area contributed by atoms with Crippen molar-refractivity contribution in [3.8, 4) is 0 Å². The molecule has 24 heavy (non-hydrogen) atoms. The first-order valence-electron chi connectivity index (χ1n) is 9.13. The topological polar surface area (TPSA) is 77.9 Å². The van der Waals surface area contributed by atoms with Crippen molar-refractivity contribution in [2.75, 3.05) is 26.7 Å². The molecule has 1 aliphatic heterocycles. The fourth-order valence-corrected chi connectivity index (χ4v) is 3.11. The van der Waals surface area contributed by atoms with E-state index in [9.17, 15) is 14.4 Å². The number of hydrogen-bond donors (Lipinski definition) is 1. The molecule has 0 saturated carbocycles. The van der Waals surface area contributed by atoms with Crippen molar-refractivity contribution in [2.24, 2.45) is 11.8 Å². The molecular formula is C18H32N2O4. The Balaban J connectivity index is 2.40. The lowest BCUT2D eigenvalue weighted by atomic mass is 9.95. The average molecular weight is 340 g/mol. The van der Waals surface area contributed by atoms with Crippen LogP contribution < -0.4 is 0 Å². The molecule has 138 valence electrons. The summed E-state index contributed by atoms with van der Waals surface area (Å²) in [6, 6.07) is 0. The van der Waals surface area contributed by atoms with Crippen LogP contribution in [0.15, 0.2) is 0 Å². The van der Waals surface area contributed by atoms with Gasteiger partial charge in [-0.25, -0.2) is 0 Å². The summed E-state index contributed by atoms with van der Waals surface area (Å²) in [6.45, 7) is 5.26. The maximum absolute atomic E-state index is 12.3. The Morgan fingerprint density at radius 1 is 1.21 bits per heavy atom. The molecule has 0 radical (unpaired) electrons. The van der Waals surface area contributed by atoms with Gasteiger partial charge in [0.2, 0.25) is 11.8 Å². The van der Waals surface area contributed by atoms with Crippen molar-refractivity contribution >= 4 is 17.8 Å². The van der Waals surface area contributed by atoms with Gasteiger partial charge < -0.3 is 14.9 Å². The average Bonchev–Trinajstić information content (AvgIpc) is 2.58. The first kappa shape index (κ1) is 20.5. The van der Waals surface area contributed by atoms with E-state index >= 15 is 0 Å². The highest BCUT2D eigenvalue weighted by atomic mass is 16.4. The molecule has 1 atom stereocenters. The molecular weight excluding hydrogens is 308 g/mol. The second-order valence-electron chi connectivity index (χ2n) is 6.86. The molecule has 0 bridgehead atoms. The highest BCUT2D eigenvalue weighted by molar-refractivity contribution is 5.85. The molecule has 1 unspecified atom stereocenters. The van der Waals surface area contributed by atoms with Crippen molar-refractivity contribution in [3.05, 3.63) is 0 Å². The van der Waals surface area contributed by atoms with E-state index in [4.69, 9.17) is 5.11 Å². The molecule has 0 aliphatic carbocycles. The molecule has 1 heterocycles. The summed E-state index contributed by atoms with van der Waals surface area (Å²) in [6.07, 6.45) is 5.79. The number of hydrogen-bond acceptors (Lipinski definition) is 3. The zero-order valence-corrected chi connectivity index (χ0v) is 15.3. The van der Waals surface area contributed by atoms with Gasteiger partial charge in [0.1, 0.15) is 0 Å². The van der Waals surface area contributed by atoms with Crippen molar-refractivity contribution in [1.29, 1.82) is 0 Å². The Morgan fingerprint density at radius 2 is 1.83 bits per heavy atom. The molecule has 6 nitrogen and oxygen atoms in total. The Morgan fingerprint density at radius 3 is 2.33 bits per heavy atom. The second-order valence-corrected chi connectivity index (χ2v) is 6.86. The zero-order valence-electron chi connectivity index (χ0n) is 15.3. The molecule has 2 amide bonds. The largest absolute Gasteiger partial charge is 0.481 e. The number of carbonyl (C=O) groups is 3. The van der Waals surface area contributed by atoms with Gasteiger partial charge >= 0.3 is 5.97 Å². The Bertz CT molecular complexity index is 431. The molecule has 0 aromatic carbocycles. The highest BCUT2D eigenvalue weighted by Gasteiger charge is 2.28. The molecule has 0 aromatic heterocycles. The standard InChI is InChI=1S/C18H32N2O4/c1-4-6-7-14(5-2)12-16(21)19(3)13-17(22)20-10-8-15(9-11-20)18(23)24/h14-15H,4-13H2,1-3H3,(H,23,24). The lowest BCUT2D eigenvalue weighted by molar-refractivity contribution is -0.146. The Hall–Kier alpha value is -1.59. The molecule has 6 heteroatoms. The van der Waals surface area contributed by atoms with E-state index in [1.807, 2.05) is 0 Å². The van der Waals surface area contributed by atoms with Gasteiger partial charge in [0.15, 0.2) is 0 Å². The van der Waals surface area contributed by atoms with Crippen LogP contribution in [0.4, 0.5) is 0 Å². The van der Waals surface area contributed by atoms with Crippen molar-refractivity contribution < 1.29 is 19.5 Å². The van der Waals surface area contributed by atoms with Crippen LogP contribution in [0, 0.1) is 11.8 Å². The van der Waals surface area contributed by atoms with Crippen molar-refractivity contribution in [2.45, 2.75) is 58.8 Å². The SMILES string of the molecule is CCCCC(CC)CC(=O)N(C)CC(=O)N1CCC(C(=O)O)CC1. The predicted octanol–water partition coefficient (Wildman–Crippen LogP) is 2.37. The van der Waals surface area contributed by atoms with E-state index in [1.165, 1.54) is 4.90 Å². The monoisotopic (exact) mass is 340 g/mol. The quantitative estimate of drug-likeness (QED) is 0.699. The number of aliphatic carboxylic acids is 1. The summed E-state index contributed by atoms with van der Waals surface area (Å²) < 4.78 is 0. The summed E-state index contributed by atoms with van der Waals surface area (Å²) >= 11 is 0. The van der Waals surface area contributed by atoms with Crippen LogP contribution >= 0.6 is 0 Å². The third-order valence-electron chi connectivity index (χ3n) is 5.00. The molecule has 1 N–H and O–H groups in total. The summed E-state index contributed by atoms with van der Waals surface area (Å²) in [5.74, 6) is -0.811. The van der Waals surface area contributed by atoms with E-state index in [0.717, 1.165) is 25.7 Å². The van der Waals surface area contributed by atoms with Gasteiger partial charge in [-0.1, -0.05) is 33.1 Å². The normalized spacial score (nSPS) is 16.7. The fourth-order valence-electron chi connectivity index (χ4n) is 3.11. The van der Waals surface area contributed by atoms with Crippen LogP contribution in [0.5, 0.6) is 0 Å². The number of likely N-dealkylation sites (tertiary alicyclic amines) is 1.